The number of para-hydroxylation sites is 1. The van der Waals surface area contributed by atoms with Crippen LogP contribution in [0.3, 0.4) is 0 Å². The van der Waals surface area contributed by atoms with Crippen LogP contribution in [0.15, 0.2) is 42.5 Å². The summed E-state index contributed by atoms with van der Waals surface area (Å²) >= 11 is 0. The van der Waals surface area contributed by atoms with Crippen LogP contribution in [0.4, 0.5) is 5.69 Å². The highest BCUT2D eigenvalue weighted by atomic mass is 32.2. The minimum atomic E-state index is -3.68. The Bertz CT molecular complexity index is 1020. The molecule has 0 aromatic heterocycles. The SMILES string of the molecule is CC(C)c1ccccc1OCCNC(=O)CN(c1ccc2c(c1)OCCO2)S(C)(=O)=O. The molecule has 8 nitrogen and oxygen atoms in total. The van der Waals surface area contributed by atoms with E-state index in [0.29, 0.717) is 36.3 Å². The van der Waals surface area contributed by atoms with Gasteiger partial charge in [0.2, 0.25) is 15.9 Å². The highest BCUT2D eigenvalue weighted by molar-refractivity contribution is 7.92. The maximum Gasteiger partial charge on any atom is 0.240 e. The van der Waals surface area contributed by atoms with Gasteiger partial charge in [-0.15, -0.1) is 0 Å². The number of carbonyl (C=O) groups is 1. The van der Waals surface area contributed by atoms with Crippen molar-refractivity contribution in [2.24, 2.45) is 0 Å². The molecule has 31 heavy (non-hydrogen) atoms. The summed E-state index contributed by atoms with van der Waals surface area (Å²) in [5.74, 6) is 1.67. The maximum atomic E-state index is 12.4. The van der Waals surface area contributed by atoms with Gasteiger partial charge in [-0.3, -0.25) is 9.10 Å². The van der Waals surface area contributed by atoms with E-state index in [1.54, 1.807) is 18.2 Å². The lowest BCUT2D eigenvalue weighted by Gasteiger charge is -2.24. The molecule has 0 aliphatic carbocycles. The van der Waals surface area contributed by atoms with E-state index in [0.717, 1.165) is 21.9 Å². The lowest BCUT2D eigenvalue weighted by atomic mass is 10.0. The van der Waals surface area contributed by atoms with Gasteiger partial charge in [-0.2, -0.15) is 0 Å². The zero-order valence-electron chi connectivity index (χ0n) is 18.0. The Balaban J connectivity index is 1.58. The first kappa shape index (κ1) is 22.7. The van der Waals surface area contributed by atoms with Crippen molar-refractivity contribution in [3.05, 3.63) is 48.0 Å². The number of benzene rings is 2. The Hall–Kier alpha value is -2.94. The van der Waals surface area contributed by atoms with Gasteiger partial charge in [-0.05, 0) is 29.7 Å². The summed E-state index contributed by atoms with van der Waals surface area (Å²) in [6.07, 6.45) is 1.06. The molecule has 3 rings (SSSR count). The third-order valence-electron chi connectivity index (χ3n) is 4.72. The Morgan fingerprint density at radius 3 is 2.55 bits per heavy atom. The zero-order valence-corrected chi connectivity index (χ0v) is 18.8. The van der Waals surface area contributed by atoms with Crippen molar-refractivity contribution >= 4 is 21.6 Å². The first-order chi connectivity index (χ1) is 14.8. The Labute approximate surface area is 183 Å². The molecule has 0 saturated heterocycles. The summed E-state index contributed by atoms with van der Waals surface area (Å²) in [5, 5.41) is 2.71. The smallest absolute Gasteiger partial charge is 0.240 e. The summed E-state index contributed by atoms with van der Waals surface area (Å²) in [6, 6.07) is 12.6. The molecule has 1 aliphatic rings. The number of nitrogens with zero attached hydrogens (tertiary/aromatic N) is 1. The van der Waals surface area contributed by atoms with Gasteiger partial charge in [0.15, 0.2) is 11.5 Å². The Morgan fingerprint density at radius 2 is 1.84 bits per heavy atom. The second kappa shape index (κ2) is 9.91. The number of sulfonamides is 1. The van der Waals surface area contributed by atoms with Crippen molar-refractivity contribution in [3.8, 4) is 17.2 Å². The van der Waals surface area contributed by atoms with Crippen molar-refractivity contribution in [2.75, 3.05) is 43.5 Å². The molecule has 1 amide bonds. The van der Waals surface area contributed by atoms with Crippen LogP contribution in [0.2, 0.25) is 0 Å². The molecular weight excluding hydrogens is 420 g/mol. The molecule has 2 aromatic carbocycles. The quantitative estimate of drug-likeness (QED) is 0.593. The molecule has 1 N–H and O–H groups in total. The lowest BCUT2D eigenvalue weighted by Crippen LogP contribution is -2.41. The van der Waals surface area contributed by atoms with Crippen molar-refractivity contribution in [3.63, 3.8) is 0 Å². The molecule has 0 unspecified atom stereocenters. The molecule has 0 spiro atoms. The summed E-state index contributed by atoms with van der Waals surface area (Å²) < 4.78 is 42.4. The summed E-state index contributed by atoms with van der Waals surface area (Å²) in [7, 11) is -3.68. The molecule has 0 atom stereocenters. The van der Waals surface area contributed by atoms with E-state index in [9.17, 15) is 13.2 Å². The number of amides is 1. The monoisotopic (exact) mass is 448 g/mol. The third kappa shape index (κ3) is 6.04. The standard InChI is InChI=1S/C22H28N2O6S/c1-16(2)18-6-4-5-7-19(18)28-11-10-23-22(25)15-24(31(3,26)27)17-8-9-20-21(14-17)30-13-12-29-20/h4-9,14,16H,10-13,15H2,1-3H3,(H,23,25). The first-order valence-corrected chi connectivity index (χ1v) is 12.0. The first-order valence-electron chi connectivity index (χ1n) is 10.1. The molecule has 1 heterocycles. The third-order valence-corrected chi connectivity index (χ3v) is 5.86. The van der Waals surface area contributed by atoms with Crippen LogP contribution < -0.4 is 23.8 Å². The fraction of sp³-hybridized carbons (Fsp3) is 0.409. The minimum Gasteiger partial charge on any atom is -0.491 e. The van der Waals surface area contributed by atoms with Crippen LogP contribution in [0.5, 0.6) is 17.2 Å². The number of hydrogen-bond acceptors (Lipinski definition) is 6. The van der Waals surface area contributed by atoms with Crippen molar-refractivity contribution in [2.45, 2.75) is 19.8 Å². The van der Waals surface area contributed by atoms with Crippen molar-refractivity contribution in [1.29, 1.82) is 0 Å². The predicted molar refractivity (Wildman–Crippen MR) is 119 cm³/mol. The van der Waals surface area contributed by atoms with E-state index in [2.05, 4.69) is 19.2 Å². The van der Waals surface area contributed by atoms with Gasteiger partial charge in [0, 0.05) is 6.07 Å². The van der Waals surface area contributed by atoms with Crippen LogP contribution in [-0.2, 0) is 14.8 Å². The van der Waals surface area contributed by atoms with Gasteiger partial charge in [0.25, 0.3) is 0 Å². The van der Waals surface area contributed by atoms with Crippen LogP contribution >= 0.6 is 0 Å². The van der Waals surface area contributed by atoms with Crippen LogP contribution in [0.25, 0.3) is 0 Å². The summed E-state index contributed by atoms with van der Waals surface area (Å²) in [4.78, 5) is 12.4. The number of anilines is 1. The Kier molecular flexibility index (Phi) is 7.27. The van der Waals surface area contributed by atoms with E-state index in [1.807, 2.05) is 24.3 Å². The summed E-state index contributed by atoms with van der Waals surface area (Å²) in [6.45, 7) is 5.18. The fourth-order valence-corrected chi connectivity index (χ4v) is 4.06. The number of fused-ring (bicyclic) bond motifs is 1. The zero-order chi connectivity index (χ0) is 22.4. The minimum absolute atomic E-state index is 0.254. The molecule has 0 radical (unpaired) electrons. The van der Waals surface area contributed by atoms with E-state index in [-0.39, 0.29) is 19.7 Å². The van der Waals surface area contributed by atoms with Crippen LogP contribution in [-0.4, -0.2) is 53.5 Å². The van der Waals surface area contributed by atoms with Crippen LogP contribution in [0, 0.1) is 0 Å². The highest BCUT2D eigenvalue weighted by Gasteiger charge is 2.23. The maximum absolute atomic E-state index is 12.4. The van der Waals surface area contributed by atoms with Gasteiger partial charge < -0.3 is 19.5 Å². The number of hydrogen-bond donors (Lipinski definition) is 1. The average Bonchev–Trinajstić information content (AvgIpc) is 2.74. The van der Waals surface area contributed by atoms with E-state index in [4.69, 9.17) is 14.2 Å². The second-order valence-electron chi connectivity index (χ2n) is 7.49. The number of rotatable bonds is 9. The van der Waals surface area contributed by atoms with E-state index >= 15 is 0 Å². The molecule has 0 fully saturated rings. The van der Waals surface area contributed by atoms with Gasteiger partial charge >= 0.3 is 0 Å². The summed E-state index contributed by atoms with van der Waals surface area (Å²) in [5.41, 5.74) is 1.43. The molecule has 168 valence electrons. The largest absolute Gasteiger partial charge is 0.491 e. The molecule has 0 saturated carbocycles. The fourth-order valence-electron chi connectivity index (χ4n) is 3.21. The lowest BCUT2D eigenvalue weighted by molar-refractivity contribution is -0.119. The van der Waals surface area contributed by atoms with Gasteiger partial charge in [0.1, 0.15) is 32.1 Å². The van der Waals surface area contributed by atoms with E-state index in [1.165, 1.54) is 0 Å². The van der Waals surface area contributed by atoms with Gasteiger partial charge in [-0.25, -0.2) is 8.42 Å². The highest BCUT2D eigenvalue weighted by Crippen LogP contribution is 2.34. The topological polar surface area (TPSA) is 94.2 Å². The molecule has 9 heteroatoms. The molecule has 0 bridgehead atoms. The van der Waals surface area contributed by atoms with Crippen molar-refractivity contribution in [1.82, 2.24) is 5.32 Å². The number of ether oxygens (including phenoxy) is 3. The van der Waals surface area contributed by atoms with Gasteiger partial charge in [-0.1, -0.05) is 32.0 Å². The normalized spacial score (nSPS) is 13.0. The van der Waals surface area contributed by atoms with Crippen molar-refractivity contribution < 1.29 is 27.4 Å². The van der Waals surface area contributed by atoms with E-state index < -0.39 is 15.9 Å². The number of nitrogens with one attached hydrogen (secondary N) is 1. The number of carbonyl (C=O) groups excluding carboxylic acids is 1. The van der Waals surface area contributed by atoms with Gasteiger partial charge in [0.05, 0.1) is 18.5 Å². The van der Waals surface area contributed by atoms with Crippen LogP contribution in [0.1, 0.15) is 25.3 Å². The average molecular weight is 449 g/mol. The molecule has 2 aromatic rings. The molecule has 1 aliphatic heterocycles. The predicted octanol–water partition coefficient (Wildman–Crippen LogP) is 2.54. The Morgan fingerprint density at radius 1 is 1.13 bits per heavy atom. The molecular formula is C22H28N2O6S. The second-order valence-corrected chi connectivity index (χ2v) is 9.40.